The second-order valence-electron chi connectivity index (χ2n) is 1.28. The quantitative estimate of drug-likeness (QED) is 0.434. The molecule has 0 amide bonds. The van der Waals surface area contributed by atoms with Gasteiger partial charge in [-0.05, 0) is 4.57 Å². The van der Waals surface area contributed by atoms with Gasteiger partial charge >= 0.3 is 16.5 Å². The smallest absolute Gasteiger partial charge is 0.566 e. The van der Waals surface area contributed by atoms with Gasteiger partial charge in [-0.25, -0.2) is 0 Å². The summed E-state index contributed by atoms with van der Waals surface area (Å²) >= 11 is 0. The average Bonchev–Trinajstić information content (AvgIpc) is 1.84. The lowest BCUT2D eigenvalue weighted by Gasteiger charge is -1.97. The highest BCUT2D eigenvalue weighted by atomic mass is 31.1. The molecule has 0 aromatic heterocycles. The molecule has 0 aromatic carbocycles. The Bertz CT molecular complexity index is 141. The molecule has 64 valence electrons. The van der Waals surface area contributed by atoms with Gasteiger partial charge in [0.15, 0.2) is 0 Å². The van der Waals surface area contributed by atoms with Crippen LogP contribution in [0.5, 0.6) is 0 Å². The van der Waals surface area contributed by atoms with Crippen LogP contribution in [0.15, 0.2) is 0 Å². The van der Waals surface area contributed by atoms with Gasteiger partial charge in [0, 0.05) is 4.57 Å². The molecule has 0 aliphatic carbocycles. The minimum absolute atomic E-state index is 0.815. The summed E-state index contributed by atoms with van der Waals surface area (Å²) in [5.74, 6) is 0. The average molecular weight is 203 g/mol. The summed E-state index contributed by atoms with van der Waals surface area (Å²) in [5, 5.41) is 8.27. The maximum absolute atomic E-state index is 9.89. The topological polar surface area (TPSA) is 116 Å². The van der Waals surface area contributed by atoms with Crippen LogP contribution in [0.2, 0.25) is 0 Å². The molecule has 0 fully saturated rings. The van der Waals surface area contributed by atoms with Crippen molar-refractivity contribution in [3.8, 4) is 0 Å². The van der Waals surface area contributed by atoms with E-state index in [2.05, 4.69) is 9.05 Å². The van der Waals surface area contributed by atoms with Gasteiger partial charge in [-0.3, -0.25) is 0 Å². The van der Waals surface area contributed by atoms with Crippen molar-refractivity contribution in [2.75, 3.05) is 6.61 Å². The van der Waals surface area contributed by atoms with Crippen molar-refractivity contribution in [2.24, 2.45) is 0 Å². The molecule has 0 heterocycles. The molecule has 0 aliphatic rings. The van der Waals surface area contributed by atoms with E-state index >= 15 is 0 Å². The van der Waals surface area contributed by atoms with Crippen LogP contribution in [0.3, 0.4) is 0 Å². The SMILES string of the molecule is O=[P+]([O-])OC(CO)O[P+](=O)O. The van der Waals surface area contributed by atoms with Gasteiger partial charge in [0.1, 0.15) is 6.61 Å². The molecule has 0 aliphatic heterocycles. The fraction of sp³-hybridized carbons (Fsp3) is 1.00. The third-order valence-electron chi connectivity index (χ3n) is 0.560. The molecular weight excluding hydrogens is 198 g/mol. The molecule has 0 radical (unpaired) electrons. The van der Waals surface area contributed by atoms with Crippen molar-refractivity contribution in [2.45, 2.75) is 6.29 Å². The summed E-state index contributed by atoms with van der Waals surface area (Å²) in [4.78, 5) is 17.9. The molecule has 3 atom stereocenters. The largest absolute Gasteiger partial charge is 0.697 e. The van der Waals surface area contributed by atoms with Crippen LogP contribution in [0, 0.1) is 0 Å². The summed E-state index contributed by atoms with van der Waals surface area (Å²) in [5.41, 5.74) is 0. The molecule has 3 unspecified atom stereocenters. The van der Waals surface area contributed by atoms with Gasteiger partial charge in [-0.15, -0.1) is 9.42 Å². The van der Waals surface area contributed by atoms with E-state index in [0.29, 0.717) is 0 Å². The van der Waals surface area contributed by atoms with Crippen molar-refractivity contribution in [1.29, 1.82) is 0 Å². The van der Waals surface area contributed by atoms with E-state index in [1.54, 1.807) is 0 Å². The highest BCUT2D eigenvalue weighted by Gasteiger charge is 2.28. The first-order chi connectivity index (χ1) is 5.06. The van der Waals surface area contributed by atoms with Crippen molar-refractivity contribution in [3.63, 3.8) is 0 Å². The Morgan fingerprint density at radius 3 is 2.27 bits per heavy atom. The minimum Gasteiger partial charge on any atom is -0.566 e. The van der Waals surface area contributed by atoms with Crippen LogP contribution in [-0.4, -0.2) is 22.9 Å². The van der Waals surface area contributed by atoms with Crippen molar-refractivity contribution < 1.29 is 33.1 Å². The lowest BCUT2D eigenvalue weighted by Crippen LogP contribution is -2.16. The molecule has 2 N–H and O–H groups in total. The van der Waals surface area contributed by atoms with E-state index in [1.807, 2.05) is 0 Å². The number of aliphatic hydroxyl groups excluding tert-OH is 1. The zero-order valence-electron chi connectivity index (χ0n) is 5.11. The number of hydrogen-bond donors (Lipinski definition) is 2. The molecule has 0 saturated carbocycles. The van der Waals surface area contributed by atoms with Crippen LogP contribution < -0.4 is 4.89 Å². The van der Waals surface area contributed by atoms with Crippen LogP contribution >= 0.6 is 16.5 Å². The summed E-state index contributed by atoms with van der Waals surface area (Å²) in [6.45, 7) is -0.815. The van der Waals surface area contributed by atoms with E-state index in [-0.39, 0.29) is 0 Å². The van der Waals surface area contributed by atoms with E-state index in [9.17, 15) is 14.0 Å². The van der Waals surface area contributed by atoms with Gasteiger partial charge in [-0.1, -0.05) is 4.52 Å². The Hall–Kier alpha value is -0.0000000000000000486. The summed E-state index contributed by atoms with van der Waals surface area (Å²) in [7, 11) is -6.18. The van der Waals surface area contributed by atoms with Gasteiger partial charge in [-0.2, -0.15) is 0 Å². The van der Waals surface area contributed by atoms with Gasteiger partial charge in [0.25, 0.3) is 6.29 Å². The van der Waals surface area contributed by atoms with E-state index in [1.165, 1.54) is 0 Å². The van der Waals surface area contributed by atoms with Crippen molar-refractivity contribution in [1.82, 2.24) is 0 Å². The first kappa shape index (κ1) is 11.0. The minimum atomic E-state index is -3.20. The first-order valence-corrected chi connectivity index (χ1v) is 4.53. The molecule has 7 nitrogen and oxygen atoms in total. The molecule has 0 saturated heterocycles. The molecule has 0 aromatic rings. The number of hydrogen-bond acceptors (Lipinski definition) is 6. The molecule has 0 spiro atoms. The summed E-state index contributed by atoms with van der Waals surface area (Å²) in [6.07, 6.45) is -1.61. The standard InChI is InChI=1S/C2H4O7P2/c3-1-2(8-10(4)5)9-11(6)7/h2-3H,1H2/p+1. The first-order valence-electron chi connectivity index (χ1n) is 2.31. The van der Waals surface area contributed by atoms with Crippen LogP contribution in [0.25, 0.3) is 0 Å². The second kappa shape index (κ2) is 5.62. The highest BCUT2D eigenvalue weighted by molar-refractivity contribution is 7.32. The van der Waals surface area contributed by atoms with Crippen molar-refractivity contribution in [3.05, 3.63) is 0 Å². The second-order valence-corrected chi connectivity index (χ2v) is 2.63. The monoisotopic (exact) mass is 203 g/mol. The predicted octanol–water partition coefficient (Wildman–Crippen LogP) is -0.995. The van der Waals surface area contributed by atoms with Crippen LogP contribution in [0.4, 0.5) is 0 Å². The maximum Gasteiger partial charge on any atom is 0.697 e. The lowest BCUT2D eigenvalue weighted by atomic mass is 10.7. The maximum atomic E-state index is 9.89. The lowest BCUT2D eigenvalue weighted by molar-refractivity contribution is -0.200. The Kier molecular flexibility index (Phi) is 5.62. The molecule has 11 heavy (non-hydrogen) atoms. The third-order valence-corrected chi connectivity index (χ3v) is 1.38. The fourth-order valence-electron chi connectivity index (χ4n) is 0.282. The fourth-order valence-corrected chi connectivity index (χ4v) is 0.963. The number of aliphatic hydroxyl groups is 1. The van der Waals surface area contributed by atoms with Gasteiger partial charge in [0.05, 0.1) is 0 Å². The van der Waals surface area contributed by atoms with E-state index in [0.717, 1.165) is 0 Å². The zero-order chi connectivity index (χ0) is 8.85. The van der Waals surface area contributed by atoms with E-state index in [4.69, 9.17) is 10.00 Å². The number of rotatable bonds is 5. The molecular formula is C2H5O7P2+. The zero-order valence-corrected chi connectivity index (χ0v) is 6.90. The van der Waals surface area contributed by atoms with Crippen molar-refractivity contribution >= 4 is 16.5 Å². The van der Waals surface area contributed by atoms with Crippen LogP contribution in [0.1, 0.15) is 0 Å². The molecule has 0 rings (SSSR count). The Morgan fingerprint density at radius 2 is 2.00 bits per heavy atom. The Balaban J connectivity index is 3.76. The molecule has 0 bridgehead atoms. The Morgan fingerprint density at radius 1 is 1.45 bits per heavy atom. The molecule has 9 heteroatoms. The van der Waals surface area contributed by atoms with Gasteiger partial charge < -0.3 is 10.00 Å². The predicted molar refractivity (Wildman–Crippen MR) is 30.5 cm³/mol. The van der Waals surface area contributed by atoms with Gasteiger partial charge in [0.2, 0.25) is 0 Å². The van der Waals surface area contributed by atoms with E-state index < -0.39 is 29.4 Å². The normalized spacial score (nSPS) is 15.9. The Labute approximate surface area is 63.5 Å². The third kappa shape index (κ3) is 6.40. The summed E-state index contributed by atoms with van der Waals surface area (Å²) in [6, 6.07) is 0. The summed E-state index contributed by atoms with van der Waals surface area (Å²) < 4.78 is 27.5. The highest BCUT2D eigenvalue weighted by Crippen LogP contribution is 2.23. The van der Waals surface area contributed by atoms with Crippen LogP contribution in [-0.2, 0) is 18.2 Å².